The van der Waals surface area contributed by atoms with Gasteiger partial charge in [0, 0.05) is 37.9 Å². The highest BCUT2D eigenvalue weighted by Gasteiger charge is 2.21. The molecule has 0 saturated carbocycles. The van der Waals surface area contributed by atoms with E-state index in [1.165, 1.54) is 16.3 Å². The summed E-state index contributed by atoms with van der Waals surface area (Å²) < 4.78 is 5.88. The Balaban J connectivity index is 1.37. The van der Waals surface area contributed by atoms with Crippen molar-refractivity contribution < 1.29 is 9.57 Å². The molecule has 1 fully saturated rings. The van der Waals surface area contributed by atoms with Crippen molar-refractivity contribution in [2.24, 2.45) is 10.7 Å². The van der Waals surface area contributed by atoms with E-state index in [1.54, 1.807) is 6.92 Å². The first-order valence-electron chi connectivity index (χ1n) is 12.0. The molecule has 4 rings (SSSR count). The zero-order valence-electron chi connectivity index (χ0n) is 20.3. The molecule has 1 unspecified atom stereocenters. The van der Waals surface area contributed by atoms with Crippen LogP contribution in [0.15, 0.2) is 65.7 Å². The first kappa shape index (κ1) is 23.9. The average molecular weight is 462 g/mol. The minimum Gasteiger partial charge on any atom is -0.492 e. The SMILES string of the molecule is CCOc1cc(N2CCN(OC(C)c3cccc4ccccc34)CC2)ccc1NC/N=C(/C)N. The Labute approximate surface area is 202 Å². The Morgan fingerprint density at radius 2 is 1.82 bits per heavy atom. The van der Waals surface area contributed by atoms with Gasteiger partial charge in [-0.15, -0.1) is 0 Å². The number of hydroxylamine groups is 2. The van der Waals surface area contributed by atoms with Crippen molar-refractivity contribution in [2.75, 3.05) is 49.7 Å². The molecule has 0 amide bonds. The van der Waals surface area contributed by atoms with E-state index < -0.39 is 0 Å². The zero-order chi connectivity index (χ0) is 23.9. The van der Waals surface area contributed by atoms with Gasteiger partial charge in [0.1, 0.15) is 18.5 Å². The molecule has 1 aliphatic heterocycles. The summed E-state index contributed by atoms with van der Waals surface area (Å²) in [6.07, 6.45) is -0.00705. The number of anilines is 2. The number of benzene rings is 3. The molecule has 1 saturated heterocycles. The maximum Gasteiger partial charge on any atom is 0.144 e. The van der Waals surface area contributed by atoms with Crippen LogP contribution in [0.1, 0.15) is 32.4 Å². The highest BCUT2D eigenvalue weighted by atomic mass is 16.7. The smallest absolute Gasteiger partial charge is 0.144 e. The monoisotopic (exact) mass is 461 g/mol. The van der Waals surface area contributed by atoms with Gasteiger partial charge in [0.2, 0.25) is 0 Å². The molecule has 0 spiro atoms. The van der Waals surface area contributed by atoms with Crippen LogP contribution in [0, 0.1) is 0 Å². The quantitative estimate of drug-likeness (QED) is 0.352. The van der Waals surface area contributed by atoms with Gasteiger partial charge in [0.05, 0.1) is 18.1 Å². The third-order valence-corrected chi connectivity index (χ3v) is 6.04. The summed E-state index contributed by atoms with van der Waals surface area (Å²) in [6, 6.07) is 21.2. The van der Waals surface area contributed by atoms with E-state index >= 15 is 0 Å². The van der Waals surface area contributed by atoms with Crippen molar-refractivity contribution in [2.45, 2.75) is 26.9 Å². The summed E-state index contributed by atoms with van der Waals surface area (Å²) in [5.41, 5.74) is 8.92. The lowest BCUT2D eigenvalue weighted by atomic mass is 10.0. The molecule has 3 N–H and O–H groups in total. The Hall–Kier alpha value is -3.29. The third-order valence-electron chi connectivity index (χ3n) is 6.04. The van der Waals surface area contributed by atoms with E-state index in [0.717, 1.165) is 43.3 Å². The molecule has 7 nitrogen and oxygen atoms in total. The van der Waals surface area contributed by atoms with Gasteiger partial charge < -0.3 is 20.7 Å². The minimum atomic E-state index is -0.00705. The van der Waals surface area contributed by atoms with E-state index in [2.05, 4.69) is 81.8 Å². The van der Waals surface area contributed by atoms with Gasteiger partial charge in [0.25, 0.3) is 0 Å². The minimum absolute atomic E-state index is 0.00705. The third kappa shape index (κ3) is 5.79. The van der Waals surface area contributed by atoms with Gasteiger partial charge in [-0.1, -0.05) is 42.5 Å². The van der Waals surface area contributed by atoms with Crippen molar-refractivity contribution in [3.8, 4) is 5.75 Å². The van der Waals surface area contributed by atoms with Gasteiger partial charge in [-0.3, -0.25) is 9.83 Å². The number of rotatable bonds is 9. The second kappa shape index (κ2) is 11.2. The number of nitrogens with one attached hydrogen (secondary N) is 1. The Morgan fingerprint density at radius 3 is 2.59 bits per heavy atom. The molecule has 3 aromatic carbocycles. The van der Waals surface area contributed by atoms with Crippen molar-refractivity contribution in [3.05, 3.63) is 66.2 Å². The van der Waals surface area contributed by atoms with Crippen molar-refractivity contribution >= 4 is 28.0 Å². The molecule has 7 heteroatoms. The number of amidine groups is 1. The van der Waals surface area contributed by atoms with Crippen LogP contribution in [-0.4, -0.2) is 50.4 Å². The van der Waals surface area contributed by atoms with Crippen LogP contribution in [-0.2, 0) is 4.84 Å². The van der Waals surface area contributed by atoms with Crippen LogP contribution in [0.25, 0.3) is 10.8 Å². The highest BCUT2D eigenvalue weighted by molar-refractivity contribution is 5.86. The molecule has 1 heterocycles. The molecule has 0 aliphatic carbocycles. The van der Waals surface area contributed by atoms with Crippen LogP contribution in [0.4, 0.5) is 11.4 Å². The van der Waals surface area contributed by atoms with Crippen LogP contribution in [0.3, 0.4) is 0 Å². The Bertz CT molecular complexity index is 1120. The number of hydrogen-bond acceptors (Lipinski definition) is 6. The largest absolute Gasteiger partial charge is 0.492 e. The highest BCUT2D eigenvalue weighted by Crippen LogP contribution is 2.31. The average Bonchev–Trinajstić information content (AvgIpc) is 2.85. The van der Waals surface area contributed by atoms with Gasteiger partial charge in [-0.25, -0.2) is 0 Å². The van der Waals surface area contributed by atoms with Crippen LogP contribution in [0.2, 0.25) is 0 Å². The number of hydrogen-bond donors (Lipinski definition) is 2. The summed E-state index contributed by atoms with van der Waals surface area (Å²) in [5.74, 6) is 1.38. The molecule has 34 heavy (non-hydrogen) atoms. The summed E-state index contributed by atoms with van der Waals surface area (Å²) in [5, 5.41) is 7.86. The number of fused-ring (bicyclic) bond motifs is 1. The molecule has 0 radical (unpaired) electrons. The fourth-order valence-corrected chi connectivity index (χ4v) is 4.32. The number of nitrogens with zero attached hydrogens (tertiary/aromatic N) is 3. The predicted octanol–water partition coefficient (Wildman–Crippen LogP) is 4.80. The lowest BCUT2D eigenvalue weighted by Crippen LogP contribution is -2.46. The summed E-state index contributed by atoms with van der Waals surface area (Å²) >= 11 is 0. The maximum absolute atomic E-state index is 6.36. The molecule has 0 aromatic heterocycles. The van der Waals surface area contributed by atoms with E-state index in [9.17, 15) is 0 Å². The standard InChI is InChI=1S/C27H35N5O2/c1-4-33-27-18-23(12-13-26(27)30-19-29-21(3)28)31-14-16-32(17-15-31)34-20(2)24-11-7-9-22-8-5-6-10-25(22)24/h5-13,18,20,30H,4,14-17,19H2,1-3H3,(H2,28,29). The van der Waals surface area contributed by atoms with Gasteiger partial charge in [0.15, 0.2) is 0 Å². The van der Waals surface area contributed by atoms with Crippen molar-refractivity contribution in [1.29, 1.82) is 0 Å². The first-order chi connectivity index (χ1) is 16.5. The van der Waals surface area contributed by atoms with E-state index in [4.69, 9.17) is 15.3 Å². The molecular formula is C27H35N5O2. The number of nitrogens with two attached hydrogens (primary N) is 1. The Kier molecular flexibility index (Phi) is 7.87. The number of aliphatic imine (C=N–C) groups is 1. The molecule has 1 atom stereocenters. The van der Waals surface area contributed by atoms with Crippen LogP contribution in [0.5, 0.6) is 5.75 Å². The fourth-order valence-electron chi connectivity index (χ4n) is 4.32. The molecule has 3 aromatic rings. The zero-order valence-corrected chi connectivity index (χ0v) is 20.3. The van der Waals surface area contributed by atoms with Crippen molar-refractivity contribution in [3.63, 3.8) is 0 Å². The van der Waals surface area contributed by atoms with Crippen LogP contribution >= 0.6 is 0 Å². The summed E-state index contributed by atoms with van der Waals surface area (Å²) in [4.78, 5) is 12.9. The van der Waals surface area contributed by atoms with E-state index in [1.807, 2.05) is 13.0 Å². The number of ether oxygens (including phenoxy) is 1. The Morgan fingerprint density at radius 1 is 1.06 bits per heavy atom. The van der Waals surface area contributed by atoms with Gasteiger partial charge in [-0.05, 0) is 49.2 Å². The number of piperazine rings is 1. The van der Waals surface area contributed by atoms with Crippen LogP contribution < -0.4 is 20.7 Å². The first-order valence-corrected chi connectivity index (χ1v) is 12.0. The lowest BCUT2D eigenvalue weighted by Gasteiger charge is -2.37. The van der Waals surface area contributed by atoms with E-state index in [-0.39, 0.29) is 6.10 Å². The van der Waals surface area contributed by atoms with Crippen molar-refractivity contribution in [1.82, 2.24) is 5.06 Å². The molecule has 0 bridgehead atoms. The second-order valence-electron chi connectivity index (χ2n) is 8.48. The molecular weight excluding hydrogens is 426 g/mol. The summed E-state index contributed by atoms with van der Waals surface area (Å²) in [6.45, 7) is 10.4. The normalized spacial score (nSPS) is 16.0. The van der Waals surface area contributed by atoms with Gasteiger partial charge in [-0.2, -0.15) is 5.06 Å². The predicted molar refractivity (Wildman–Crippen MR) is 141 cm³/mol. The van der Waals surface area contributed by atoms with E-state index in [0.29, 0.717) is 19.1 Å². The second-order valence-corrected chi connectivity index (χ2v) is 8.48. The fraction of sp³-hybridized carbons (Fsp3) is 0.370. The molecule has 1 aliphatic rings. The maximum atomic E-state index is 6.36. The molecule has 180 valence electrons. The van der Waals surface area contributed by atoms with Gasteiger partial charge >= 0.3 is 0 Å². The lowest BCUT2D eigenvalue weighted by molar-refractivity contribution is -0.196. The topological polar surface area (TPSA) is 75.3 Å². The summed E-state index contributed by atoms with van der Waals surface area (Å²) in [7, 11) is 0.